The van der Waals surface area contributed by atoms with E-state index in [1.807, 2.05) is 36.4 Å². The molecular weight excluding hydrogens is 506 g/mol. The van der Waals surface area contributed by atoms with E-state index in [1.165, 1.54) is 0 Å². The van der Waals surface area contributed by atoms with E-state index in [2.05, 4.69) is 32.3 Å². The fourth-order valence-corrected chi connectivity index (χ4v) is 4.46. The van der Waals surface area contributed by atoms with Crippen molar-refractivity contribution < 1.29 is 19.4 Å². The lowest BCUT2D eigenvalue weighted by molar-refractivity contribution is 0.0947. The second-order valence-corrected chi connectivity index (χ2v) is 9.26. The van der Waals surface area contributed by atoms with Gasteiger partial charge in [-0.25, -0.2) is 0 Å². The van der Waals surface area contributed by atoms with Crippen molar-refractivity contribution in [3.8, 4) is 5.75 Å². The van der Waals surface area contributed by atoms with Gasteiger partial charge < -0.3 is 25.8 Å². The number of fused-ring (bicyclic) bond motifs is 2. The molecule has 2 aromatic heterocycles. The van der Waals surface area contributed by atoms with Crippen molar-refractivity contribution >= 4 is 39.3 Å². The van der Waals surface area contributed by atoms with Gasteiger partial charge in [0.25, 0.3) is 5.91 Å². The maximum Gasteiger partial charge on any atom is 0.255 e. The molecule has 6 rings (SSSR count). The van der Waals surface area contributed by atoms with Crippen molar-refractivity contribution in [1.82, 2.24) is 15.3 Å². The Bertz CT molecular complexity index is 1650. The zero-order chi connectivity index (χ0) is 27.9. The number of anilines is 1. The highest BCUT2D eigenvalue weighted by Gasteiger charge is 2.15. The largest absolute Gasteiger partial charge is 0.505 e. The Kier molecular flexibility index (Phi) is 8.13. The van der Waals surface area contributed by atoms with Crippen LogP contribution in [0, 0.1) is 0 Å². The quantitative estimate of drug-likeness (QED) is 0.310. The number of aromatic nitrogens is 2. The molecule has 0 atom stereocenters. The molecule has 40 heavy (non-hydrogen) atoms. The minimum atomic E-state index is -0.424. The number of pyridine rings is 2. The monoisotopic (exact) mass is 535 g/mol. The summed E-state index contributed by atoms with van der Waals surface area (Å²) in [5.41, 5.74) is 9.24. The summed E-state index contributed by atoms with van der Waals surface area (Å²) >= 11 is 0. The number of nitrogens with one attached hydrogen (secondary N) is 1. The number of carbonyl (C=O) groups excluding carboxylic acids is 2. The molecule has 1 aliphatic heterocycles. The topological polar surface area (TPSA) is 131 Å². The second-order valence-electron chi connectivity index (χ2n) is 9.26. The number of primary amides is 1. The summed E-state index contributed by atoms with van der Waals surface area (Å²) in [4.78, 5) is 33.9. The van der Waals surface area contributed by atoms with Gasteiger partial charge in [0.15, 0.2) is 5.75 Å². The average molecular weight is 536 g/mol. The lowest BCUT2D eigenvalue weighted by Crippen LogP contribution is -2.36. The summed E-state index contributed by atoms with van der Waals surface area (Å²) in [5.74, 6) is -0.835. The molecule has 0 radical (unpaired) electrons. The van der Waals surface area contributed by atoms with Crippen LogP contribution in [0.5, 0.6) is 5.75 Å². The highest BCUT2D eigenvalue weighted by Crippen LogP contribution is 2.26. The van der Waals surface area contributed by atoms with Gasteiger partial charge in [-0.2, -0.15) is 0 Å². The molecule has 202 valence electrons. The van der Waals surface area contributed by atoms with E-state index >= 15 is 0 Å². The van der Waals surface area contributed by atoms with Crippen molar-refractivity contribution in [2.45, 2.75) is 6.54 Å². The van der Waals surface area contributed by atoms with Crippen LogP contribution in [0.15, 0.2) is 91.3 Å². The van der Waals surface area contributed by atoms with Gasteiger partial charge in [0.1, 0.15) is 5.52 Å². The first kappa shape index (κ1) is 26.6. The number of morpholine rings is 1. The first-order valence-electron chi connectivity index (χ1n) is 12.9. The van der Waals surface area contributed by atoms with E-state index < -0.39 is 5.91 Å². The summed E-state index contributed by atoms with van der Waals surface area (Å²) in [5, 5.41) is 15.0. The Morgan fingerprint density at radius 3 is 2.35 bits per heavy atom. The molecule has 0 unspecified atom stereocenters. The third kappa shape index (κ3) is 6.16. The Balaban J connectivity index is 0.000000207. The molecule has 5 aromatic rings. The van der Waals surface area contributed by atoms with E-state index in [4.69, 9.17) is 10.5 Å². The maximum absolute atomic E-state index is 12.5. The Labute approximate surface area is 231 Å². The van der Waals surface area contributed by atoms with Crippen molar-refractivity contribution in [1.29, 1.82) is 0 Å². The molecule has 4 N–H and O–H groups in total. The highest BCUT2D eigenvalue weighted by molar-refractivity contribution is 6.02. The summed E-state index contributed by atoms with van der Waals surface area (Å²) in [7, 11) is 0. The van der Waals surface area contributed by atoms with Crippen molar-refractivity contribution in [3.63, 3.8) is 0 Å². The van der Waals surface area contributed by atoms with Gasteiger partial charge >= 0.3 is 0 Å². The number of nitrogens with two attached hydrogens (primary N) is 1. The standard InChI is InChI=1S/C21H21N3O3.C10H8N2O/c25-20-18(8-5-16-2-1-9-22-19(16)20)21(26)23-14-15-3-6-17(7-4-15)24-10-12-27-13-11-24;11-10(13)8-4-3-7-2-1-5-12-9(7)6-8/h1-9,25H,10-14H2,(H,23,26);1-6H,(H2,11,13). The zero-order valence-corrected chi connectivity index (χ0v) is 21.8. The number of benzene rings is 3. The molecule has 2 amide bonds. The van der Waals surface area contributed by atoms with Crippen LogP contribution in [0.25, 0.3) is 21.8 Å². The van der Waals surface area contributed by atoms with Crippen LogP contribution >= 0.6 is 0 Å². The molecule has 9 heteroatoms. The van der Waals surface area contributed by atoms with Gasteiger partial charge in [-0.05, 0) is 48.0 Å². The summed E-state index contributed by atoms with van der Waals surface area (Å²) < 4.78 is 5.37. The van der Waals surface area contributed by atoms with Crippen molar-refractivity contribution in [3.05, 3.63) is 108 Å². The van der Waals surface area contributed by atoms with E-state index in [0.717, 1.165) is 53.8 Å². The van der Waals surface area contributed by atoms with Crippen LogP contribution < -0.4 is 16.0 Å². The molecule has 1 saturated heterocycles. The fraction of sp³-hybridized carbons (Fsp3) is 0.161. The third-order valence-electron chi connectivity index (χ3n) is 6.65. The lowest BCUT2D eigenvalue weighted by Gasteiger charge is -2.28. The smallest absolute Gasteiger partial charge is 0.255 e. The molecule has 0 saturated carbocycles. The molecule has 3 aromatic carbocycles. The number of carbonyl (C=O) groups is 2. The molecule has 9 nitrogen and oxygen atoms in total. The molecule has 1 fully saturated rings. The number of amides is 2. The average Bonchev–Trinajstić information content (AvgIpc) is 3.01. The number of hydrogen-bond acceptors (Lipinski definition) is 7. The third-order valence-corrected chi connectivity index (χ3v) is 6.65. The van der Waals surface area contributed by atoms with Gasteiger partial charge in [-0.1, -0.05) is 36.4 Å². The fourth-order valence-electron chi connectivity index (χ4n) is 4.46. The van der Waals surface area contributed by atoms with Gasteiger partial charge in [0, 0.05) is 54.1 Å². The Morgan fingerprint density at radius 1 is 0.900 bits per heavy atom. The first-order valence-corrected chi connectivity index (χ1v) is 12.9. The number of phenolic OH excluding ortho intramolecular Hbond substituents is 1. The predicted octanol–water partition coefficient (Wildman–Crippen LogP) is 4.04. The van der Waals surface area contributed by atoms with E-state index in [1.54, 1.807) is 42.7 Å². The van der Waals surface area contributed by atoms with Crippen LogP contribution in [-0.4, -0.2) is 53.2 Å². The Hall–Kier alpha value is -5.02. The normalized spacial score (nSPS) is 12.9. The van der Waals surface area contributed by atoms with Crippen LogP contribution in [0.2, 0.25) is 0 Å². The van der Waals surface area contributed by atoms with Crippen LogP contribution in [-0.2, 0) is 11.3 Å². The predicted molar refractivity (Wildman–Crippen MR) is 154 cm³/mol. The van der Waals surface area contributed by atoms with Gasteiger partial charge in [0.2, 0.25) is 5.91 Å². The SMILES string of the molecule is NC(=O)c1ccc2cccnc2c1.O=C(NCc1ccc(N2CCOCC2)cc1)c1ccc2cccnc2c1O. The number of hydrogen-bond donors (Lipinski definition) is 3. The maximum atomic E-state index is 12.5. The van der Waals surface area contributed by atoms with Crippen molar-refractivity contribution in [2.24, 2.45) is 5.73 Å². The van der Waals surface area contributed by atoms with Crippen molar-refractivity contribution in [2.75, 3.05) is 31.2 Å². The summed E-state index contributed by atoms with van der Waals surface area (Å²) in [6.07, 6.45) is 3.28. The zero-order valence-electron chi connectivity index (χ0n) is 21.8. The van der Waals surface area contributed by atoms with Gasteiger partial charge in [-0.3, -0.25) is 19.6 Å². The van der Waals surface area contributed by atoms with Crippen LogP contribution in [0.1, 0.15) is 26.3 Å². The Morgan fingerprint density at radius 2 is 1.60 bits per heavy atom. The van der Waals surface area contributed by atoms with Gasteiger partial charge in [0.05, 0.1) is 24.3 Å². The number of rotatable bonds is 5. The minimum absolute atomic E-state index is 0.0896. The highest BCUT2D eigenvalue weighted by atomic mass is 16.5. The number of ether oxygens (including phenoxy) is 1. The number of aromatic hydroxyl groups is 1. The number of phenols is 1. The molecule has 0 bridgehead atoms. The van der Waals surface area contributed by atoms with Crippen LogP contribution in [0.3, 0.4) is 0 Å². The molecule has 3 heterocycles. The lowest BCUT2D eigenvalue weighted by atomic mass is 10.1. The minimum Gasteiger partial charge on any atom is -0.505 e. The first-order chi connectivity index (χ1) is 19.5. The van der Waals surface area contributed by atoms with Crippen LogP contribution in [0.4, 0.5) is 5.69 Å². The number of nitrogens with zero attached hydrogens (tertiary/aromatic N) is 3. The summed E-state index contributed by atoms with van der Waals surface area (Å²) in [6, 6.07) is 24.2. The second kappa shape index (κ2) is 12.2. The van der Waals surface area contributed by atoms with Gasteiger partial charge in [-0.15, -0.1) is 0 Å². The molecule has 0 aliphatic carbocycles. The molecule has 0 spiro atoms. The van der Waals surface area contributed by atoms with E-state index in [9.17, 15) is 14.7 Å². The van der Waals surface area contributed by atoms with E-state index in [-0.39, 0.29) is 17.2 Å². The molecular formula is C31H29N5O4. The summed E-state index contributed by atoms with van der Waals surface area (Å²) in [6.45, 7) is 3.68. The molecule has 1 aliphatic rings. The van der Waals surface area contributed by atoms with E-state index in [0.29, 0.717) is 17.6 Å².